The van der Waals surface area contributed by atoms with E-state index in [2.05, 4.69) is 0 Å². The smallest absolute Gasteiger partial charge is 0.416 e. The number of nitrogens with zero attached hydrogens (tertiary/aromatic N) is 2. The van der Waals surface area contributed by atoms with Crippen LogP contribution >= 0.6 is 0 Å². The molecule has 0 aliphatic heterocycles. The Morgan fingerprint density at radius 2 is 1.67 bits per heavy atom. The molecular weight excluding hydrogens is 493 g/mol. The molecule has 0 unspecified atom stereocenters. The second-order valence-electron chi connectivity index (χ2n) is 8.96. The highest BCUT2D eigenvalue weighted by Crippen LogP contribution is 2.31. The Morgan fingerprint density at radius 1 is 0.972 bits per heavy atom. The van der Waals surface area contributed by atoms with Crippen LogP contribution in [0.3, 0.4) is 0 Å². The zero-order chi connectivity index (χ0) is 26.5. The number of amides is 1. The van der Waals surface area contributed by atoms with Crippen molar-refractivity contribution in [2.75, 3.05) is 13.1 Å². The number of carbonyl (C=O) groups excluding carboxylic acids is 1. The van der Waals surface area contributed by atoms with E-state index in [4.69, 9.17) is 4.42 Å². The number of carbonyl (C=O) groups is 1. The highest BCUT2D eigenvalue weighted by molar-refractivity contribution is 7.89. The molecule has 1 amide bonds. The summed E-state index contributed by atoms with van der Waals surface area (Å²) in [5.74, 6) is 0.538. The van der Waals surface area contributed by atoms with Crippen molar-refractivity contribution in [3.05, 3.63) is 89.4 Å². The first-order chi connectivity index (χ1) is 16.9. The maximum Gasteiger partial charge on any atom is 0.416 e. The van der Waals surface area contributed by atoms with Gasteiger partial charge in [0, 0.05) is 13.1 Å². The molecule has 1 heterocycles. The van der Waals surface area contributed by atoms with Crippen molar-refractivity contribution in [3.8, 4) is 0 Å². The molecule has 0 spiro atoms. The number of halogens is 3. The summed E-state index contributed by atoms with van der Waals surface area (Å²) in [6, 6.07) is 16.3. The third-order valence-corrected chi connectivity index (χ3v) is 7.20. The monoisotopic (exact) mass is 522 g/mol. The third kappa shape index (κ3) is 7.20. The molecule has 0 aliphatic rings. The molecule has 10 heteroatoms. The number of rotatable bonds is 10. The van der Waals surface area contributed by atoms with Crippen LogP contribution < -0.4 is 0 Å². The summed E-state index contributed by atoms with van der Waals surface area (Å²) in [7, 11) is -4.39. The molecule has 0 aliphatic carbocycles. The SMILES string of the molecule is Cc1ccc(CN(Cc2ccccc2)C(=O)CN(CC(C)C)S(=O)(=O)c2cccc(C(F)(F)F)c2)o1. The van der Waals surface area contributed by atoms with Gasteiger partial charge in [-0.1, -0.05) is 50.2 Å². The Balaban J connectivity index is 1.91. The molecule has 3 rings (SSSR count). The van der Waals surface area contributed by atoms with Crippen LogP contribution in [0.25, 0.3) is 0 Å². The average Bonchev–Trinajstić information content (AvgIpc) is 3.22. The van der Waals surface area contributed by atoms with Gasteiger partial charge in [-0.3, -0.25) is 4.79 Å². The molecule has 1 aromatic heterocycles. The second-order valence-corrected chi connectivity index (χ2v) is 10.9. The van der Waals surface area contributed by atoms with E-state index in [9.17, 15) is 26.4 Å². The van der Waals surface area contributed by atoms with Crippen molar-refractivity contribution in [1.29, 1.82) is 0 Å². The minimum absolute atomic E-state index is 0.0383. The molecule has 0 fully saturated rings. The van der Waals surface area contributed by atoms with Crippen molar-refractivity contribution < 1.29 is 30.8 Å². The highest BCUT2D eigenvalue weighted by atomic mass is 32.2. The number of furan rings is 1. The number of hydrogen-bond donors (Lipinski definition) is 0. The van der Waals surface area contributed by atoms with Crippen molar-refractivity contribution >= 4 is 15.9 Å². The Kier molecular flexibility index (Phi) is 8.63. The maximum atomic E-state index is 13.5. The molecule has 0 atom stereocenters. The van der Waals surface area contributed by atoms with Gasteiger partial charge in [0.1, 0.15) is 11.5 Å². The fraction of sp³-hybridized carbons (Fsp3) is 0.346. The maximum absolute atomic E-state index is 13.5. The zero-order valence-electron chi connectivity index (χ0n) is 20.3. The molecule has 3 aromatic rings. The lowest BCUT2D eigenvalue weighted by Crippen LogP contribution is -2.43. The first kappa shape index (κ1) is 27.5. The number of aryl methyl sites for hydroxylation is 1. The lowest BCUT2D eigenvalue weighted by atomic mass is 10.2. The van der Waals surface area contributed by atoms with Crippen LogP contribution in [0.4, 0.5) is 13.2 Å². The topological polar surface area (TPSA) is 70.8 Å². The van der Waals surface area contributed by atoms with Crippen LogP contribution in [0.2, 0.25) is 0 Å². The number of benzene rings is 2. The van der Waals surface area contributed by atoms with Gasteiger partial charge in [-0.25, -0.2) is 8.42 Å². The normalized spacial score (nSPS) is 12.3. The molecule has 194 valence electrons. The predicted molar refractivity (Wildman–Crippen MR) is 129 cm³/mol. The van der Waals surface area contributed by atoms with Crippen LogP contribution in [0.1, 0.15) is 36.5 Å². The summed E-state index contributed by atoms with van der Waals surface area (Å²) < 4.78 is 73.0. The summed E-state index contributed by atoms with van der Waals surface area (Å²) in [5, 5.41) is 0. The van der Waals surface area contributed by atoms with E-state index >= 15 is 0 Å². The van der Waals surface area contributed by atoms with Crippen molar-refractivity contribution in [2.24, 2.45) is 5.92 Å². The average molecular weight is 523 g/mol. The lowest BCUT2D eigenvalue weighted by Gasteiger charge is -2.28. The van der Waals surface area contributed by atoms with Gasteiger partial charge < -0.3 is 9.32 Å². The number of alkyl halides is 3. The fourth-order valence-electron chi connectivity index (χ4n) is 3.68. The Hall–Kier alpha value is -3.11. The molecule has 36 heavy (non-hydrogen) atoms. The zero-order valence-corrected chi connectivity index (χ0v) is 21.1. The van der Waals surface area contributed by atoms with E-state index in [0.717, 1.165) is 28.1 Å². The van der Waals surface area contributed by atoms with Gasteiger partial charge in [0.2, 0.25) is 15.9 Å². The fourth-order valence-corrected chi connectivity index (χ4v) is 5.28. The summed E-state index contributed by atoms with van der Waals surface area (Å²) >= 11 is 0. The van der Waals surface area contributed by atoms with Gasteiger partial charge in [0.05, 0.1) is 23.5 Å². The predicted octanol–water partition coefficient (Wildman–Crippen LogP) is 5.48. The summed E-state index contributed by atoms with van der Waals surface area (Å²) in [5.41, 5.74) is -0.233. The number of sulfonamides is 1. The number of hydrogen-bond acceptors (Lipinski definition) is 4. The molecule has 2 aromatic carbocycles. The third-order valence-electron chi connectivity index (χ3n) is 5.39. The van der Waals surface area contributed by atoms with Crippen molar-refractivity contribution in [1.82, 2.24) is 9.21 Å². The molecule has 0 radical (unpaired) electrons. The molecular formula is C26H29F3N2O4S. The minimum atomic E-state index is -4.70. The van der Waals surface area contributed by atoms with E-state index in [1.165, 1.54) is 4.90 Å². The van der Waals surface area contributed by atoms with Crippen LogP contribution in [0.5, 0.6) is 0 Å². The molecule has 0 saturated heterocycles. The summed E-state index contributed by atoms with van der Waals surface area (Å²) in [6.45, 7) is 5.07. The molecule has 0 saturated carbocycles. The van der Waals surface area contributed by atoms with Gasteiger partial charge >= 0.3 is 6.18 Å². The molecule has 0 N–H and O–H groups in total. The first-order valence-corrected chi connectivity index (χ1v) is 12.8. The van der Waals surface area contributed by atoms with Crippen molar-refractivity contribution in [3.63, 3.8) is 0 Å². The van der Waals surface area contributed by atoms with Crippen LogP contribution in [0, 0.1) is 12.8 Å². The van der Waals surface area contributed by atoms with Crippen molar-refractivity contribution in [2.45, 2.75) is 44.9 Å². The van der Waals surface area contributed by atoms with Gasteiger partial charge in [0.15, 0.2) is 0 Å². The van der Waals surface area contributed by atoms with Gasteiger partial charge in [-0.2, -0.15) is 17.5 Å². The van der Waals surface area contributed by atoms with E-state index in [0.29, 0.717) is 17.6 Å². The first-order valence-electron chi connectivity index (χ1n) is 11.4. The van der Waals surface area contributed by atoms with Gasteiger partial charge in [-0.05, 0) is 48.7 Å². The van der Waals surface area contributed by atoms with E-state index in [1.54, 1.807) is 32.9 Å². The van der Waals surface area contributed by atoms with Gasteiger partial charge in [-0.15, -0.1) is 0 Å². The summed E-state index contributed by atoms with van der Waals surface area (Å²) in [4.78, 5) is 14.4. The Labute approximate surface area is 209 Å². The van der Waals surface area contributed by atoms with Crippen LogP contribution in [-0.4, -0.2) is 36.6 Å². The molecule has 6 nitrogen and oxygen atoms in total. The van der Waals surface area contributed by atoms with Crippen LogP contribution in [-0.2, 0) is 34.1 Å². The van der Waals surface area contributed by atoms with Crippen LogP contribution in [0.15, 0.2) is 76.0 Å². The minimum Gasteiger partial charge on any atom is -0.464 e. The molecule has 0 bridgehead atoms. The lowest BCUT2D eigenvalue weighted by molar-refractivity contribution is -0.137. The largest absolute Gasteiger partial charge is 0.464 e. The van der Waals surface area contributed by atoms with E-state index in [-0.39, 0.29) is 25.6 Å². The van der Waals surface area contributed by atoms with Gasteiger partial charge in [0.25, 0.3) is 0 Å². The van der Waals surface area contributed by atoms with E-state index < -0.39 is 39.1 Å². The quantitative estimate of drug-likeness (QED) is 0.354. The van der Waals surface area contributed by atoms with E-state index in [1.807, 2.05) is 30.3 Å². The Bertz CT molecular complexity index is 1270. The summed E-state index contributed by atoms with van der Waals surface area (Å²) in [6.07, 6.45) is -4.70. The second kappa shape index (κ2) is 11.3. The standard InChI is InChI=1S/C26H29F3N2O4S/c1-19(2)15-31(36(33,34)24-11-7-10-22(14-24)26(27,28)29)18-25(32)30(16-21-8-5-4-6-9-21)17-23-13-12-20(3)35-23/h4-14,19H,15-18H2,1-3H3. The Morgan fingerprint density at radius 3 is 2.25 bits per heavy atom. The highest BCUT2D eigenvalue weighted by Gasteiger charge is 2.34.